The van der Waals surface area contributed by atoms with E-state index in [1.165, 1.54) is 21.6 Å². The van der Waals surface area contributed by atoms with E-state index in [1.54, 1.807) is 31.0 Å². The van der Waals surface area contributed by atoms with Gasteiger partial charge in [0.15, 0.2) is 5.82 Å². The van der Waals surface area contributed by atoms with Crippen LogP contribution in [0.4, 0.5) is 5.82 Å². The number of nitrogens with zero attached hydrogens (tertiary/aromatic N) is 2. The summed E-state index contributed by atoms with van der Waals surface area (Å²) in [4.78, 5) is 11.7. The average molecular weight is 470 g/mol. The number of aromatic nitrogens is 2. The SMILES string of the molecule is COc1cc(CCCNc2nc(-c3ccoc3)nc3sc(C)cc23)ccc1-c1ccc(C)cc1. The lowest BCUT2D eigenvalue weighted by atomic mass is 10.00. The third-order valence-corrected chi connectivity index (χ3v) is 6.80. The summed E-state index contributed by atoms with van der Waals surface area (Å²) in [6, 6.07) is 19.1. The molecular formula is C28H27N3O2S. The Morgan fingerprint density at radius 2 is 1.82 bits per heavy atom. The molecule has 2 aromatic carbocycles. The number of rotatable bonds is 8. The van der Waals surface area contributed by atoms with E-state index in [0.29, 0.717) is 5.82 Å². The van der Waals surface area contributed by atoms with E-state index in [1.807, 2.05) is 6.07 Å². The first-order valence-electron chi connectivity index (χ1n) is 11.4. The van der Waals surface area contributed by atoms with Gasteiger partial charge in [0.1, 0.15) is 22.7 Å². The molecule has 0 atom stereocenters. The smallest absolute Gasteiger partial charge is 0.166 e. The molecule has 0 amide bonds. The molecule has 0 unspecified atom stereocenters. The Labute approximate surface area is 203 Å². The van der Waals surface area contributed by atoms with Crippen molar-refractivity contribution in [1.82, 2.24) is 9.97 Å². The van der Waals surface area contributed by atoms with E-state index in [2.05, 4.69) is 67.7 Å². The van der Waals surface area contributed by atoms with Crippen LogP contribution >= 0.6 is 11.3 Å². The van der Waals surface area contributed by atoms with Gasteiger partial charge in [0, 0.05) is 17.0 Å². The number of fused-ring (bicyclic) bond motifs is 1. The van der Waals surface area contributed by atoms with Gasteiger partial charge in [0.25, 0.3) is 0 Å². The van der Waals surface area contributed by atoms with Gasteiger partial charge in [-0.25, -0.2) is 9.97 Å². The average Bonchev–Trinajstić information content (AvgIpc) is 3.51. The standard InChI is InChI=1S/C28H27N3O2S/c1-18-6-9-21(10-7-18)23-11-8-20(16-25(23)32-3)5-4-13-29-27-24-15-19(2)34-28(24)31-26(30-27)22-12-14-33-17-22/h6-12,14-17H,4-5,13H2,1-3H3,(H,29,30,31). The van der Waals surface area contributed by atoms with Crippen LogP contribution < -0.4 is 10.1 Å². The summed E-state index contributed by atoms with van der Waals surface area (Å²) in [5.74, 6) is 2.46. The number of thiophene rings is 1. The third kappa shape index (κ3) is 4.68. The lowest BCUT2D eigenvalue weighted by Crippen LogP contribution is -2.06. The lowest BCUT2D eigenvalue weighted by molar-refractivity contribution is 0.416. The number of furan rings is 1. The Morgan fingerprint density at radius 1 is 0.971 bits per heavy atom. The first kappa shape index (κ1) is 22.2. The van der Waals surface area contributed by atoms with Gasteiger partial charge in [-0.15, -0.1) is 11.3 Å². The second-order valence-corrected chi connectivity index (χ2v) is 9.65. The quantitative estimate of drug-likeness (QED) is 0.242. The van der Waals surface area contributed by atoms with E-state index in [4.69, 9.17) is 19.1 Å². The summed E-state index contributed by atoms with van der Waals surface area (Å²) in [6.45, 7) is 5.01. The highest BCUT2D eigenvalue weighted by atomic mass is 32.1. The normalized spacial score (nSPS) is 11.1. The summed E-state index contributed by atoms with van der Waals surface area (Å²) in [7, 11) is 1.74. The number of anilines is 1. The molecule has 5 nitrogen and oxygen atoms in total. The number of nitrogens with one attached hydrogen (secondary N) is 1. The van der Waals surface area contributed by atoms with Crippen molar-refractivity contribution in [1.29, 1.82) is 0 Å². The molecule has 6 heteroatoms. The van der Waals surface area contributed by atoms with Crippen LogP contribution in [0.25, 0.3) is 32.7 Å². The second kappa shape index (κ2) is 9.69. The highest BCUT2D eigenvalue weighted by Crippen LogP contribution is 2.32. The minimum atomic E-state index is 0.682. The summed E-state index contributed by atoms with van der Waals surface area (Å²) >= 11 is 1.68. The Bertz CT molecular complexity index is 1410. The monoisotopic (exact) mass is 469 g/mol. The topological polar surface area (TPSA) is 60.2 Å². The van der Waals surface area contributed by atoms with E-state index in [-0.39, 0.29) is 0 Å². The Kier molecular flexibility index (Phi) is 6.32. The van der Waals surface area contributed by atoms with Crippen molar-refractivity contribution < 1.29 is 9.15 Å². The predicted molar refractivity (Wildman–Crippen MR) is 140 cm³/mol. The van der Waals surface area contributed by atoms with Crippen molar-refractivity contribution in [2.45, 2.75) is 26.7 Å². The highest BCUT2D eigenvalue weighted by molar-refractivity contribution is 7.18. The molecule has 0 bridgehead atoms. The van der Waals surface area contributed by atoms with Crippen molar-refractivity contribution >= 4 is 27.4 Å². The number of aryl methyl sites for hydroxylation is 3. The predicted octanol–water partition coefficient (Wildman–Crippen LogP) is 7.29. The molecule has 172 valence electrons. The number of ether oxygens (including phenoxy) is 1. The van der Waals surface area contributed by atoms with Crippen LogP contribution in [-0.4, -0.2) is 23.6 Å². The molecule has 5 aromatic rings. The van der Waals surface area contributed by atoms with Crippen molar-refractivity contribution in [3.63, 3.8) is 0 Å². The fourth-order valence-corrected chi connectivity index (χ4v) is 4.94. The Morgan fingerprint density at radius 3 is 2.59 bits per heavy atom. The largest absolute Gasteiger partial charge is 0.496 e. The minimum absolute atomic E-state index is 0.682. The van der Waals surface area contributed by atoms with Crippen molar-refractivity contribution in [3.8, 4) is 28.3 Å². The summed E-state index contributed by atoms with van der Waals surface area (Å²) < 4.78 is 10.9. The van der Waals surface area contributed by atoms with Crippen molar-refractivity contribution in [2.24, 2.45) is 0 Å². The fraction of sp³-hybridized carbons (Fsp3) is 0.214. The Balaban J connectivity index is 1.28. The van der Waals surface area contributed by atoms with Gasteiger partial charge in [0.05, 0.1) is 24.3 Å². The molecule has 5 rings (SSSR count). The van der Waals surface area contributed by atoms with E-state index in [9.17, 15) is 0 Å². The van der Waals surface area contributed by atoms with Crippen molar-refractivity contribution in [2.75, 3.05) is 19.0 Å². The molecule has 3 heterocycles. The van der Waals surface area contributed by atoms with Gasteiger partial charge in [-0.2, -0.15) is 0 Å². The minimum Gasteiger partial charge on any atom is -0.496 e. The van der Waals surface area contributed by atoms with E-state index < -0.39 is 0 Å². The first-order chi connectivity index (χ1) is 16.6. The molecular weight excluding hydrogens is 442 g/mol. The highest BCUT2D eigenvalue weighted by Gasteiger charge is 2.13. The van der Waals surface area contributed by atoms with Crippen molar-refractivity contribution in [3.05, 3.63) is 83.1 Å². The Hall–Kier alpha value is -3.64. The van der Waals surface area contributed by atoms with Crippen LogP contribution in [0.3, 0.4) is 0 Å². The second-order valence-electron chi connectivity index (χ2n) is 8.41. The molecule has 1 N–H and O–H groups in total. The van der Waals surface area contributed by atoms with E-state index >= 15 is 0 Å². The van der Waals surface area contributed by atoms with Gasteiger partial charge >= 0.3 is 0 Å². The van der Waals surface area contributed by atoms with Gasteiger partial charge in [-0.05, 0) is 56.0 Å². The zero-order valence-electron chi connectivity index (χ0n) is 19.6. The van der Waals surface area contributed by atoms with Crippen LogP contribution in [-0.2, 0) is 6.42 Å². The van der Waals surface area contributed by atoms with E-state index in [0.717, 1.165) is 52.3 Å². The van der Waals surface area contributed by atoms with Gasteiger partial charge < -0.3 is 14.5 Å². The number of hydrogen-bond donors (Lipinski definition) is 1. The lowest BCUT2D eigenvalue weighted by Gasteiger charge is -2.12. The molecule has 0 aliphatic heterocycles. The maximum absolute atomic E-state index is 5.71. The molecule has 0 saturated heterocycles. The molecule has 0 aliphatic rings. The molecule has 0 radical (unpaired) electrons. The van der Waals surface area contributed by atoms with Gasteiger partial charge in [-0.3, -0.25) is 0 Å². The molecule has 34 heavy (non-hydrogen) atoms. The van der Waals surface area contributed by atoms with Crippen LogP contribution in [0.1, 0.15) is 22.4 Å². The molecule has 3 aromatic heterocycles. The maximum atomic E-state index is 5.71. The zero-order valence-corrected chi connectivity index (χ0v) is 20.4. The maximum Gasteiger partial charge on any atom is 0.166 e. The fourth-order valence-electron chi connectivity index (χ4n) is 4.06. The summed E-state index contributed by atoms with van der Waals surface area (Å²) in [6.07, 6.45) is 5.25. The van der Waals surface area contributed by atoms with Gasteiger partial charge in [-0.1, -0.05) is 42.0 Å². The first-order valence-corrected chi connectivity index (χ1v) is 12.2. The number of methoxy groups -OCH3 is 1. The zero-order chi connectivity index (χ0) is 23.5. The summed E-state index contributed by atoms with van der Waals surface area (Å²) in [5.41, 5.74) is 5.68. The number of hydrogen-bond acceptors (Lipinski definition) is 6. The molecule has 0 fully saturated rings. The van der Waals surface area contributed by atoms with Crippen LogP contribution in [0.2, 0.25) is 0 Å². The summed E-state index contributed by atoms with van der Waals surface area (Å²) in [5, 5.41) is 4.61. The van der Waals surface area contributed by atoms with Crippen LogP contribution in [0, 0.1) is 13.8 Å². The number of benzene rings is 2. The van der Waals surface area contributed by atoms with Crippen LogP contribution in [0.15, 0.2) is 71.5 Å². The van der Waals surface area contributed by atoms with Crippen LogP contribution in [0.5, 0.6) is 5.75 Å². The molecule has 0 spiro atoms. The third-order valence-electron chi connectivity index (χ3n) is 5.86. The molecule has 0 saturated carbocycles. The molecule has 0 aliphatic carbocycles. The van der Waals surface area contributed by atoms with Gasteiger partial charge in [0.2, 0.25) is 0 Å².